The number of rotatable bonds is 14. The van der Waals surface area contributed by atoms with Gasteiger partial charge in [0.15, 0.2) is 41.5 Å². The largest absolute Gasteiger partial charge is 0.454 e. The first-order valence-electron chi connectivity index (χ1n) is 75.0. The predicted octanol–water partition coefficient (Wildman–Crippen LogP) is 34.0. The van der Waals surface area contributed by atoms with Gasteiger partial charge >= 0.3 is 0 Å². The Labute approximate surface area is 939 Å². The molecule has 0 saturated heterocycles. The lowest BCUT2D eigenvalue weighted by Crippen LogP contribution is -2.38. The fraction of sp³-hybridized carbons (Fsp3) is 0.341. The highest BCUT2D eigenvalue weighted by atomic mass is 16.4. The zero-order chi connectivity index (χ0) is 149. The lowest BCUT2D eigenvalue weighted by atomic mass is 9.64. The summed E-state index contributed by atoms with van der Waals surface area (Å²) < 4.78 is 495. The Morgan fingerprint density at radius 3 is 1.20 bits per heavy atom. The second-order valence-corrected chi connectivity index (χ2v) is 39.7. The van der Waals surface area contributed by atoms with Crippen LogP contribution in [0.5, 0.6) is 0 Å². The quantitative estimate of drug-likeness (QED) is 0.0998. The van der Waals surface area contributed by atoms with Crippen LogP contribution in [0.1, 0.15) is 360 Å². The number of pyridine rings is 7. The average molecular weight is 1980 g/mol. The molecule has 11 heterocycles. The Morgan fingerprint density at radius 2 is 0.719 bits per heavy atom. The maximum Gasteiger partial charge on any atom is 0.227 e. The average Bonchev–Trinajstić information content (AvgIpc) is 1.48. The standard InChI is InChI=1S/C37H43N2O.C35H39N2O.C32H32NO.C31H31N2O/c1-21(2)18-37(19-22(3)4)31-13-11-10-12-26(31)29-16-30-27-15-14-24(7)33(34(27)40-36(30)38-35(29)37)32-17-28(23(5)6)25(8)20-39(32)9;1-19(2)26-17-30(37(9)18-23(26)8)31-22(7)14-15-25-28-16-27-24-12-10-11-13-29(24)35(20(3)4,21(5)6)33(27)36-34(28)38-32(25)31;1-18(2)24-17-33(7)27(16-20(24)4)28-19(3)12-13-21-22-14-15-26-29(31(22)34-30(21)28)23-10-8-9-11-25(23)32(26,5)6;1-17(2)22-14-25(33(7)16-19(22)4)26-18(3)12-13-21-27-28-23(15-32-30(27)34-29(21)26)20-10-8-9-11-24(20)31(28,5)6/h10-17,20-23H,18-19H2,1-9H3;10-21H,1-9H3;8-18H,1-7H3;8-17H,1-7H3/q4*+1/i1D3,3D3,8D3,18D2,19D2,21D,22D,23D;3D3,4D3,5D3,8D3,19D,20D,21D;1D3,4D3,5D3,6D3,18D;4D3,5D3,6D3,17D. The summed E-state index contributed by atoms with van der Waals surface area (Å²) >= 11 is 0. The van der Waals surface area contributed by atoms with Crippen LogP contribution in [-0.4, -0.2) is 15.0 Å². The highest BCUT2D eigenvalue weighted by molar-refractivity contribution is 6.17. The van der Waals surface area contributed by atoms with Gasteiger partial charge in [-0.15, -0.1) is 0 Å². The molecule has 9 aromatic carbocycles. The molecule has 20 aromatic rings. The summed E-state index contributed by atoms with van der Waals surface area (Å²) in [6.07, 6.45) is 0.335. The van der Waals surface area contributed by atoms with Gasteiger partial charge in [-0.2, -0.15) is 0 Å². The summed E-state index contributed by atoms with van der Waals surface area (Å²) in [6, 6.07) is 52.5. The highest BCUT2D eigenvalue weighted by Gasteiger charge is 2.51. The van der Waals surface area contributed by atoms with E-state index < -0.39 is 183 Å². The van der Waals surface area contributed by atoms with Crippen LogP contribution in [0, 0.1) is 78.7 Å². The number of aromatic nitrogens is 7. The third-order valence-corrected chi connectivity index (χ3v) is 29.4. The molecule has 4 aliphatic carbocycles. The molecule has 5 atom stereocenters. The fourth-order valence-electron chi connectivity index (χ4n) is 22.6. The first-order valence-corrected chi connectivity index (χ1v) is 48.0. The van der Waals surface area contributed by atoms with Crippen LogP contribution in [0.25, 0.3) is 178 Å². The number of fused-ring (bicyclic) bond motifs is 26. The number of aryl methyl sites for hydroxylation is 12. The van der Waals surface area contributed by atoms with Crippen molar-refractivity contribution in [2.24, 2.45) is 51.8 Å². The van der Waals surface area contributed by atoms with Gasteiger partial charge in [0.1, 0.15) is 39.4 Å². The highest BCUT2D eigenvalue weighted by Crippen LogP contribution is 2.61. The van der Waals surface area contributed by atoms with Crippen molar-refractivity contribution in [3.63, 3.8) is 0 Å². The zero-order valence-electron chi connectivity index (χ0n) is 138. The van der Waals surface area contributed by atoms with Gasteiger partial charge in [0, 0.05) is 208 Å². The minimum Gasteiger partial charge on any atom is -0.454 e. The zero-order valence-corrected chi connectivity index (χ0v) is 84.1. The minimum absolute atomic E-state index is 0.00623. The number of benzene rings is 9. The molecule has 11 aromatic heterocycles. The molecule has 11 nitrogen and oxygen atoms in total. The van der Waals surface area contributed by atoms with Gasteiger partial charge in [-0.3, -0.25) is 0 Å². The van der Waals surface area contributed by atoms with Gasteiger partial charge in [-0.05, 0) is 227 Å². The van der Waals surface area contributed by atoms with Crippen molar-refractivity contribution in [1.29, 1.82) is 0 Å². The van der Waals surface area contributed by atoms with Crippen molar-refractivity contribution < 1.29 is 110 Å². The Bertz CT molecular complexity index is 11200. The monoisotopic (exact) mass is 1980 g/mol. The van der Waals surface area contributed by atoms with Crippen molar-refractivity contribution >= 4 is 88.1 Å². The van der Waals surface area contributed by atoms with Crippen LogP contribution in [-0.2, 0) is 49.9 Å². The first-order chi connectivity index (χ1) is 90.8. The molecule has 0 radical (unpaired) electrons. The number of nitrogens with zero attached hydrogens (tertiary/aromatic N) is 7. The topological polar surface area (TPSA) is 107 Å². The molecule has 5 unspecified atom stereocenters. The molecule has 0 bridgehead atoms. The molecule has 24 rings (SSSR count). The fourth-order valence-corrected chi connectivity index (χ4v) is 22.6. The Hall–Kier alpha value is -13.8. The summed E-state index contributed by atoms with van der Waals surface area (Å²) in [5, 5.41) is 3.89. The molecule has 11 heteroatoms. The van der Waals surface area contributed by atoms with Crippen molar-refractivity contribution in [2.75, 3.05) is 0 Å². The summed E-state index contributed by atoms with van der Waals surface area (Å²) in [7, 11) is 6.69. The van der Waals surface area contributed by atoms with E-state index in [4.69, 9.17) is 93.4 Å². The van der Waals surface area contributed by atoms with Crippen LogP contribution in [0.2, 0.25) is 0 Å². The number of hydrogen-bond acceptors (Lipinski definition) is 7. The van der Waals surface area contributed by atoms with E-state index in [2.05, 4.69) is 4.98 Å². The van der Waals surface area contributed by atoms with Gasteiger partial charge in [-0.25, -0.2) is 33.2 Å². The van der Waals surface area contributed by atoms with E-state index in [0.29, 0.717) is 149 Å². The van der Waals surface area contributed by atoms with Crippen LogP contribution in [0.3, 0.4) is 0 Å². The van der Waals surface area contributed by atoms with Crippen molar-refractivity contribution in [3.8, 4) is 89.5 Å². The molecule has 740 valence electrons. The smallest absolute Gasteiger partial charge is 0.227 e. The number of hydrogen-bond donors (Lipinski definition) is 0. The van der Waals surface area contributed by atoms with E-state index in [-0.39, 0.29) is 129 Å². The van der Waals surface area contributed by atoms with Gasteiger partial charge in [0.05, 0.1) is 39.0 Å². The Balaban J connectivity index is 0.000000147. The van der Waals surface area contributed by atoms with Crippen LogP contribution < -0.4 is 18.3 Å². The maximum atomic E-state index is 9.66. The second kappa shape index (κ2) is 36.1. The summed E-state index contributed by atoms with van der Waals surface area (Å²) in [5.74, 6) is -18.8. The van der Waals surface area contributed by atoms with Crippen molar-refractivity contribution in [2.45, 2.75) is 251 Å². The molecule has 0 aliphatic heterocycles. The molecule has 0 N–H and O–H groups in total. The lowest BCUT2D eigenvalue weighted by Gasteiger charge is -2.39. The third-order valence-electron chi connectivity index (χ3n) is 29.4. The van der Waals surface area contributed by atoms with Crippen molar-refractivity contribution in [1.82, 2.24) is 15.0 Å². The van der Waals surface area contributed by atoms with Gasteiger partial charge < -0.3 is 17.7 Å². The molecule has 0 spiro atoms. The van der Waals surface area contributed by atoms with E-state index in [9.17, 15) is 8.22 Å². The Kier molecular flexibility index (Phi) is 13.2. The first kappa shape index (κ1) is 53.5. The summed E-state index contributed by atoms with van der Waals surface area (Å²) in [5.41, 5.74) is 0.445. The predicted molar refractivity (Wildman–Crippen MR) is 605 cm³/mol. The van der Waals surface area contributed by atoms with E-state index in [0.717, 1.165) is 26.3 Å². The SMILES string of the molecule is [2H]C([2H])([2H])c1c[n+](C)c(-c2c(C)ccc3c2oc2nc4c(cc23)-c2ccccc2C4(C([2H])(C)C([2H])([2H])[2H])C([2H])(C([2H])([2H])[2H])C([2H])([2H])[2H])cc1C([2H])(C)C.[2H]C([2H])([2H])c1c[n+](C)c(-c2c(C)ccc3c2oc2nc4c(cc23)-c2ccccc2C4(C([2H])([2H])C([2H])(C)C([2H])([2H])[2H])C([2H])([2H])C([2H])(C)C([2H])([2H])[2H])cc1C([2H])(C)C.[2H]C([2H])([2H])c1c[n+](C)c(-c2c(C)ccc3c2oc2ncc4c(c23)C(C([2H])([2H])[2H])(C([2H])([2H])[2H])c2ccccc2-4)cc1C([2H])(C)C.[2H]C([2H])([2H])c1cc(-c2c(C)ccc3c2oc2c4c(ccc23)C(C([2H])([2H])[2H])(C([2H])([2H])[2H])c2ccccc2-4)[n+](C)cc1C([2H])(C)C([2H])([2H])[2H]. The molecule has 4 aliphatic rings. The van der Waals surface area contributed by atoms with E-state index in [1.54, 1.807) is 215 Å². The van der Waals surface area contributed by atoms with Crippen molar-refractivity contribution in [3.05, 3.63) is 337 Å². The molecule has 0 saturated carbocycles. The molecular formula is C135H145N7O4+4. The van der Waals surface area contributed by atoms with Crippen LogP contribution in [0.15, 0.2) is 243 Å². The summed E-state index contributed by atoms with van der Waals surface area (Å²) in [4.78, 5) is 14.1. The van der Waals surface area contributed by atoms with Crippen LogP contribution in [0.4, 0.5) is 0 Å². The van der Waals surface area contributed by atoms with Gasteiger partial charge in [0.2, 0.25) is 39.9 Å². The third kappa shape index (κ3) is 15.2. The van der Waals surface area contributed by atoms with Crippen LogP contribution >= 0.6 is 0 Å². The minimum atomic E-state index is -3.66. The number of furan rings is 4. The van der Waals surface area contributed by atoms with E-state index in [1.807, 2.05) is 58.0 Å². The lowest BCUT2D eigenvalue weighted by molar-refractivity contribution is -0.661. The van der Waals surface area contributed by atoms with Gasteiger partial charge in [0.25, 0.3) is 0 Å². The molecular weight excluding hydrogens is 1780 g/mol. The molecule has 0 amide bonds. The summed E-state index contributed by atoms with van der Waals surface area (Å²) in [6.45, 7) is -21.5. The van der Waals surface area contributed by atoms with E-state index >= 15 is 0 Å². The molecule has 0 fully saturated rings. The second-order valence-electron chi connectivity index (χ2n) is 39.7. The normalized spacial score (nSPS) is 24.3. The Morgan fingerprint density at radius 1 is 0.322 bits per heavy atom. The van der Waals surface area contributed by atoms with E-state index in [1.165, 1.54) is 74.3 Å². The maximum absolute atomic E-state index is 9.66. The molecule has 146 heavy (non-hydrogen) atoms. The van der Waals surface area contributed by atoms with Gasteiger partial charge in [-0.1, -0.05) is 295 Å².